The van der Waals surface area contributed by atoms with Crippen LogP contribution in [-0.4, -0.2) is 50.6 Å². The summed E-state index contributed by atoms with van der Waals surface area (Å²) in [5.74, 6) is 0.374. The maximum atomic E-state index is 11.9. The Labute approximate surface area is 121 Å². The van der Waals surface area contributed by atoms with Crippen LogP contribution in [0.1, 0.15) is 40.0 Å². The zero-order chi connectivity index (χ0) is 15.4. The molecule has 0 aromatic heterocycles. The Morgan fingerprint density at radius 2 is 1.90 bits per heavy atom. The molecule has 1 amide bonds. The van der Waals surface area contributed by atoms with E-state index in [0.717, 1.165) is 19.1 Å². The molecule has 0 aromatic rings. The number of ether oxygens (including phenoxy) is 1. The van der Waals surface area contributed by atoms with Crippen molar-refractivity contribution in [2.24, 2.45) is 10.3 Å². The summed E-state index contributed by atoms with van der Waals surface area (Å²) in [5, 5.41) is 0. The van der Waals surface area contributed by atoms with Crippen molar-refractivity contribution in [3.8, 4) is 0 Å². The standard InChI is InChI=1S/C13H24N2O4S/c1-13(2,3)19-12(16)15-9-6-11(7-10-15)5-8-14-20(4,17)18/h8,11H,5-7,9-10H2,1-4H3. The molecule has 0 atom stereocenters. The topological polar surface area (TPSA) is 76.0 Å². The number of carbonyl (C=O) groups is 1. The van der Waals surface area contributed by atoms with Crippen molar-refractivity contribution in [2.45, 2.75) is 45.6 Å². The van der Waals surface area contributed by atoms with Crippen LogP contribution in [0.25, 0.3) is 0 Å². The molecule has 116 valence electrons. The molecule has 0 aliphatic carbocycles. The number of rotatable bonds is 3. The van der Waals surface area contributed by atoms with E-state index < -0.39 is 15.6 Å². The number of hydrogen-bond acceptors (Lipinski definition) is 4. The molecule has 1 heterocycles. The van der Waals surface area contributed by atoms with E-state index in [9.17, 15) is 13.2 Å². The van der Waals surface area contributed by atoms with Gasteiger partial charge in [-0.25, -0.2) is 13.2 Å². The van der Waals surface area contributed by atoms with Crippen molar-refractivity contribution in [3.05, 3.63) is 0 Å². The van der Waals surface area contributed by atoms with E-state index >= 15 is 0 Å². The minimum Gasteiger partial charge on any atom is -0.444 e. The predicted octanol–water partition coefficient (Wildman–Crippen LogP) is 2.05. The lowest BCUT2D eigenvalue weighted by Gasteiger charge is -2.33. The van der Waals surface area contributed by atoms with Crippen LogP contribution >= 0.6 is 0 Å². The van der Waals surface area contributed by atoms with Gasteiger partial charge in [-0.2, -0.15) is 4.40 Å². The van der Waals surface area contributed by atoms with Gasteiger partial charge in [-0.3, -0.25) is 0 Å². The van der Waals surface area contributed by atoms with E-state index in [1.54, 1.807) is 4.90 Å². The van der Waals surface area contributed by atoms with Gasteiger partial charge in [0.15, 0.2) is 0 Å². The first-order valence-corrected chi connectivity index (χ1v) is 8.63. The minimum atomic E-state index is -3.28. The van der Waals surface area contributed by atoms with Crippen LogP contribution in [-0.2, 0) is 14.8 Å². The second kappa shape index (κ2) is 6.56. The molecule has 1 saturated heterocycles. The number of hydrogen-bond donors (Lipinski definition) is 0. The fraction of sp³-hybridized carbons (Fsp3) is 0.846. The first kappa shape index (κ1) is 16.9. The zero-order valence-corrected chi connectivity index (χ0v) is 13.4. The third kappa shape index (κ3) is 6.88. The summed E-state index contributed by atoms with van der Waals surface area (Å²) >= 11 is 0. The molecule has 7 heteroatoms. The van der Waals surface area contributed by atoms with Gasteiger partial charge in [-0.15, -0.1) is 0 Å². The van der Waals surface area contributed by atoms with Crippen LogP contribution < -0.4 is 0 Å². The first-order chi connectivity index (χ1) is 9.07. The summed E-state index contributed by atoms with van der Waals surface area (Å²) < 4.78 is 30.6. The van der Waals surface area contributed by atoms with Crippen LogP contribution in [0.5, 0.6) is 0 Å². The molecule has 0 N–H and O–H groups in total. The van der Waals surface area contributed by atoms with Gasteiger partial charge in [0.1, 0.15) is 5.60 Å². The van der Waals surface area contributed by atoms with Gasteiger partial charge in [0.25, 0.3) is 0 Å². The van der Waals surface area contributed by atoms with Gasteiger partial charge in [0, 0.05) is 19.3 Å². The second-order valence-electron chi connectivity index (χ2n) is 6.17. The molecular formula is C13H24N2O4S. The molecule has 0 aromatic carbocycles. The quantitative estimate of drug-likeness (QED) is 0.748. The highest BCUT2D eigenvalue weighted by atomic mass is 32.2. The lowest BCUT2D eigenvalue weighted by atomic mass is 9.94. The van der Waals surface area contributed by atoms with E-state index in [4.69, 9.17) is 4.74 Å². The third-order valence-corrected chi connectivity index (χ3v) is 3.50. The lowest BCUT2D eigenvalue weighted by molar-refractivity contribution is 0.0187. The first-order valence-electron chi connectivity index (χ1n) is 6.78. The van der Waals surface area contributed by atoms with Gasteiger partial charge in [0.05, 0.1) is 6.26 Å². The van der Waals surface area contributed by atoms with E-state index in [1.807, 2.05) is 20.8 Å². The number of carbonyl (C=O) groups excluding carboxylic acids is 1. The number of sulfonamides is 1. The highest BCUT2D eigenvalue weighted by Crippen LogP contribution is 2.21. The molecule has 0 unspecified atom stereocenters. The molecule has 20 heavy (non-hydrogen) atoms. The number of nitrogens with zero attached hydrogens (tertiary/aromatic N) is 2. The molecule has 1 aliphatic rings. The Hall–Kier alpha value is -1.11. The van der Waals surface area contributed by atoms with Crippen molar-refractivity contribution >= 4 is 22.3 Å². The maximum absolute atomic E-state index is 11.9. The average molecular weight is 304 g/mol. The summed E-state index contributed by atoms with van der Waals surface area (Å²) in [7, 11) is -3.28. The lowest BCUT2D eigenvalue weighted by Crippen LogP contribution is -2.41. The van der Waals surface area contributed by atoms with Gasteiger partial charge in [0.2, 0.25) is 10.0 Å². The molecule has 1 aliphatic heterocycles. The summed E-state index contributed by atoms with van der Waals surface area (Å²) in [4.78, 5) is 13.6. The van der Waals surface area contributed by atoms with Crippen LogP contribution in [0, 0.1) is 5.92 Å². The highest BCUT2D eigenvalue weighted by molar-refractivity contribution is 7.89. The van der Waals surface area contributed by atoms with Crippen molar-refractivity contribution in [3.63, 3.8) is 0 Å². The monoisotopic (exact) mass is 304 g/mol. The van der Waals surface area contributed by atoms with Gasteiger partial charge in [-0.1, -0.05) is 0 Å². The Morgan fingerprint density at radius 3 is 2.35 bits per heavy atom. The molecule has 1 fully saturated rings. The van der Waals surface area contributed by atoms with Crippen LogP contribution in [0.4, 0.5) is 4.79 Å². The predicted molar refractivity (Wildman–Crippen MR) is 78.5 cm³/mol. The molecule has 1 rings (SSSR count). The normalized spacial score (nSPS) is 18.5. The van der Waals surface area contributed by atoms with Gasteiger partial charge in [-0.05, 0) is 46.0 Å². The zero-order valence-electron chi connectivity index (χ0n) is 12.6. The molecule has 0 radical (unpaired) electrons. The SMILES string of the molecule is CC(C)(C)OC(=O)N1CCC(CC=NS(C)(=O)=O)CC1. The summed E-state index contributed by atoms with van der Waals surface area (Å²) in [6.45, 7) is 6.83. The van der Waals surface area contributed by atoms with Gasteiger partial charge < -0.3 is 9.64 Å². The van der Waals surface area contributed by atoms with Crippen molar-refractivity contribution in [2.75, 3.05) is 19.3 Å². The molecule has 0 spiro atoms. The van der Waals surface area contributed by atoms with Gasteiger partial charge >= 0.3 is 6.09 Å². The van der Waals surface area contributed by atoms with Crippen LogP contribution in [0.2, 0.25) is 0 Å². The third-order valence-electron chi connectivity index (χ3n) is 2.97. The fourth-order valence-corrected chi connectivity index (χ4v) is 2.36. The van der Waals surface area contributed by atoms with Crippen LogP contribution in [0.15, 0.2) is 4.40 Å². The highest BCUT2D eigenvalue weighted by Gasteiger charge is 2.26. The Balaban J connectivity index is 2.37. The number of amides is 1. The van der Waals surface area contributed by atoms with E-state index in [0.29, 0.717) is 25.4 Å². The summed E-state index contributed by atoms with van der Waals surface area (Å²) in [6, 6.07) is 0. The smallest absolute Gasteiger partial charge is 0.410 e. The van der Waals surface area contributed by atoms with Crippen molar-refractivity contribution in [1.29, 1.82) is 0 Å². The average Bonchev–Trinajstić information content (AvgIpc) is 2.25. The molecule has 0 bridgehead atoms. The molecule has 0 saturated carbocycles. The largest absolute Gasteiger partial charge is 0.444 e. The van der Waals surface area contributed by atoms with E-state index in [1.165, 1.54) is 6.21 Å². The molecular weight excluding hydrogens is 280 g/mol. The maximum Gasteiger partial charge on any atom is 0.410 e. The Morgan fingerprint density at radius 1 is 1.35 bits per heavy atom. The Bertz CT molecular complexity index is 457. The Kier molecular flexibility index (Phi) is 5.56. The summed E-state index contributed by atoms with van der Waals surface area (Å²) in [5.41, 5.74) is -0.476. The van der Waals surface area contributed by atoms with Crippen molar-refractivity contribution < 1.29 is 17.9 Å². The van der Waals surface area contributed by atoms with Crippen LogP contribution in [0.3, 0.4) is 0 Å². The molecule has 6 nitrogen and oxygen atoms in total. The second-order valence-corrected chi connectivity index (χ2v) is 7.84. The fourth-order valence-electron chi connectivity index (χ4n) is 2.01. The van der Waals surface area contributed by atoms with Crippen molar-refractivity contribution in [1.82, 2.24) is 4.90 Å². The van der Waals surface area contributed by atoms with E-state index in [-0.39, 0.29) is 6.09 Å². The van der Waals surface area contributed by atoms with E-state index in [2.05, 4.69) is 4.40 Å². The minimum absolute atomic E-state index is 0.277. The number of piperidine rings is 1. The summed E-state index contributed by atoms with van der Waals surface area (Å²) in [6.07, 6.45) is 4.58. The number of likely N-dealkylation sites (tertiary alicyclic amines) is 1.